The van der Waals surface area contributed by atoms with Crippen LogP contribution < -0.4 is 5.56 Å². The zero-order chi connectivity index (χ0) is 8.72. The molecule has 0 saturated carbocycles. The van der Waals surface area contributed by atoms with Crippen molar-refractivity contribution >= 4 is 0 Å². The highest BCUT2D eigenvalue weighted by atomic mass is 16.1. The molecular weight excluding hydrogens is 150 g/mol. The highest BCUT2D eigenvalue weighted by Crippen LogP contribution is 2.24. The Labute approximate surface area is 71.8 Å². The molecular formula is C10H13NO. The lowest BCUT2D eigenvalue weighted by Gasteiger charge is -2.05. The Balaban J connectivity index is 2.69. The van der Waals surface area contributed by atoms with Crippen LogP contribution in [-0.4, -0.2) is 4.57 Å². The van der Waals surface area contributed by atoms with E-state index in [4.69, 9.17) is 0 Å². The van der Waals surface area contributed by atoms with Crippen LogP contribution in [0.1, 0.15) is 30.5 Å². The molecule has 2 heteroatoms. The Morgan fingerprint density at radius 1 is 1.50 bits per heavy atom. The molecule has 1 unspecified atom stereocenters. The summed E-state index contributed by atoms with van der Waals surface area (Å²) >= 11 is 0. The number of hydrogen-bond donors (Lipinski definition) is 0. The minimum atomic E-state index is 0.192. The first-order valence-corrected chi connectivity index (χ1v) is 4.40. The fraction of sp³-hybridized carbons (Fsp3) is 0.500. The monoisotopic (exact) mass is 163 g/mol. The van der Waals surface area contributed by atoms with Gasteiger partial charge >= 0.3 is 0 Å². The van der Waals surface area contributed by atoms with Crippen molar-refractivity contribution in [3.05, 3.63) is 33.7 Å². The van der Waals surface area contributed by atoms with Crippen LogP contribution in [0, 0.1) is 6.92 Å². The van der Waals surface area contributed by atoms with Crippen molar-refractivity contribution in [2.75, 3.05) is 0 Å². The van der Waals surface area contributed by atoms with Gasteiger partial charge in [0.2, 0.25) is 0 Å². The van der Waals surface area contributed by atoms with E-state index < -0.39 is 0 Å². The van der Waals surface area contributed by atoms with Gasteiger partial charge in [-0.1, -0.05) is 13.0 Å². The standard InChI is InChI=1S/C10H13NO/c1-7-5-6-11-9(7)4-3-8(2)10(11)12/h3-4,7H,5-6H2,1-2H3. The van der Waals surface area contributed by atoms with Crippen molar-refractivity contribution < 1.29 is 0 Å². The van der Waals surface area contributed by atoms with Crippen LogP contribution in [0.25, 0.3) is 0 Å². The second-order valence-corrected chi connectivity index (χ2v) is 3.59. The Kier molecular flexibility index (Phi) is 1.56. The van der Waals surface area contributed by atoms with E-state index in [0.717, 1.165) is 18.5 Å². The second kappa shape index (κ2) is 2.47. The molecule has 2 rings (SSSR count). The Morgan fingerprint density at radius 3 is 3.00 bits per heavy atom. The summed E-state index contributed by atoms with van der Waals surface area (Å²) in [5.74, 6) is 0.554. The van der Waals surface area contributed by atoms with E-state index in [2.05, 4.69) is 13.0 Å². The summed E-state index contributed by atoms with van der Waals surface area (Å²) < 4.78 is 1.90. The van der Waals surface area contributed by atoms with Gasteiger partial charge in [0.1, 0.15) is 0 Å². The maximum atomic E-state index is 11.6. The first-order valence-electron chi connectivity index (χ1n) is 4.40. The summed E-state index contributed by atoms with van der Waals surface area (Å²) in [7, 11) is 0. The first-order chi connectivity index (χ1) is 5.70. The van der Waals surface area contributed by atoms with Crippen LogP contribution in [0.2, 0.25) is 0 Å². The molecule has 0 radical (unpaired) electrons. The summed E-state index contributed by atoms with van der Waals surface area (Å²) in [5.41, 5.74) is 2.25. The summed E-state index contributed by atoms with van der Waals surface area (Å²) in [6, 6.07) is 4.00. The Morgan fingerprint density at radius 2 is 2.25 bits per heavy atom. The Bertz CT molecular complexity index is 365. The van der Waals surface area contributed by atoms with Gasteiger partial charge in [0.25, 0.3) is 5.56 Å². The van der Waals surface area contributed by atoms with E-state index in [1.54, 1.807) is 0 Å². The molecule has 0 spiro atoms. The molecule has 0 amide bonds. The van der Waals surface area contributed by atoms with Crippen molar-refractivity contribution in [1.82, 2.24) is 4.57 Å². The molecule has 0 aromatic carbocycles. The number of aryl methyl sites for hydroxylation is 1. The lowest BCUT2D eigenvalue weighted by Crippen LogP contribution is -2.21. The lowest BCUT2D eigenvalue weighted by atomic mass is 10.1. The first kappa shape index (κ1) is 7.59. The molecule has 0 bridgehead atoms. The van der Waals surface area contributed by atoms with Crippen LogP contribution in [-0.2, 0) is 6.54 Å². The van der Waals surface area contributed by atoms with Gasteiger partial charge in [-0.25, -0.2) is 0 Å². The van der Waals surface area contributed by atoms with Crippen LogP contribution in [0.15, 0.2) is 16.9 Å². The molecule has 0 saturated heterocycles. The zero-order valence-electron chi connectivity index (χ0n) is 7.50. The van der Waals surface area contributed by atoms with Crippen LogP contribution in [0.5, 0.6) is 0 Å². The van der Waals surface area contributed by atoms with Gasteiger partial charge in [-0.3, -0.25) is 4.79 Å². The molecule has 12 heavy (non-hydrogen) atoms. The van der Waals surface area contributed by atoms with Gasteiger partial charge in [-0.2, -0.15) is 0 Å². The van der Waals surface area contributed by atoms with Crippen LogP contribution in [0.4, 0.5) is 0 Å². The van der Waals surface area contributed by atoms with Crippen LogP contribution in [0.3, 0.4) is 0 Å². The average molecular weight is 163 g/mol. The van der Waals surface area contributed by atoms with Crippen molar-refractivity contribution in [2.24, 2.45) is 0 Å². The third kappa shape index (κ3) is 0.909. The number of hydrogen-bond acceptors (Lipinski definition) is 1. The molecule has 2 heterocycles. The van der Waals surface area contributed by atoms with Gasteiger partial charge in [-0.05, 0) is 25.3 Å². The van der Waals surface area contributed by atoms with E-state index in [0.29, 0.717) is 5.92 Å². The largest absolute Gasteiger partial charge is 0.312 e. The van der Waals surface area contributed by atoms with Crippen LogP contribution >= 0.6 is 0 Å². The van der Waals surface area contributed by atoms with Gasteiger partial charge in [0.05, 0.1) is 0 Å². The molecule has 0 aliphatic carbocycles. The van der Waals surface area contributed by atoms with E-state index in [9.17, 15) is 4.79 Å². The molecule has 0 fully saturated rings. The smallest absolute Gasteiger partial charge is 0.253 e. The maximum Gasteiger partial charge on any atom is 0.253 e. The lowest BCUT2D eigenvalue weighted by molar-refractivity contribution is 0.691. The summed E-state index contributed by atoms with van der Waals surface area (Å²) in [5, 5.41) is 0. The zero-order valence-corrected chi connectivity index (χ0v) is 7.50. The number of aromatic nitrogens is 1. The quantitative estimate of drug-likeness (QED) is 0.570. The summed E-state index contributed by atoms with van der Waals surface area (Å²) in [6.45, 7) is 4.95. The van der Waals surface area contributed by atoms with Crippen molar-refractivity contribution in [2.45, 2.75) is 32.7 Å². The molecule has 1 aromatic rings. The topological polar surface area (TPSA) is 22.0 Å². The van der Waals surface area contributed by atoms with Crippen molar-refractivity contribution in [3.8, 4) is 0 Å². The molecule has 1 aliphatic rings. The molecule has 0 N–H and O–H groups in total. The highest BCUT2D eigenvalue weighted by molar-refractivity contribution is 5.19. The van der Waals surface area contributed by atoms with Gasteiger partial charge in [0.15, 0.2) is 0 Å². The minimum absolute atomic E-state index is 0.192. The summed E-state index contributed by atoms with van der Waals surface area (Å²) in [6.07, 6.45) is 1.11. The van der Waals surface area contributed by atoms with Gasteiger partial charge in [-0.15, -0.1) is 0 Å². The summed E-state index contributed by atoms with van der Waals surface area (Å²) in [4.78, 5) is 11.6. The van der Waals surface area contributed by atoms with Gasteiger partial charge < -0.3 is 4.57 Å². The fourth-order valence-corrected chi connectivity index (χ4v) is 1.83. The third-order valence-corrected chi connectivity index (χ3v) is 2.69. The molecule has 64 valence electrons. The predicted molar refractivity (Wildman–Crippen MR) is 48.5 cm³/mol. The maximum absolute atomic E-state index is 11.6. The number of nitrogens with zero attached hydrogens (tertiary/aromatic N) is 1. The molecule has 1 aliphatic heterocycles. The SMILES string of the molecule is Cc1ccc2n(c1=O)CCC2C. The predicted octanol–water partition coefficient (Wildman–Crippen LogP) is 1.66. The fourth-order valence-electron chi connectivity index (χ4n) is 1.83. The Hall–Kier alpha value is -1.05. The third-order valence-electron chi connectivity index (χ3n) is 2.69. The van der Waals surface area contributed by atoms with Crippen molar-refractivity contribution in [1.29, 1.82) is 0 Å². The minimum Gasteiger partial charge on any atom is -0.312 e. The van der Waals surface area contributed by atoms with Gasteiger partial charge in [0, 0.05) is 17.8 Å². The second-order valence-electron chi connectivity index (χ2n) is 3.59. The van der Waals surface area contributed by atoms with E-state index in [1.165, 1.54) is 5.69 Å². The molecule has 2 nitrogen and oxygen atoms in total. The van der Waals surface area contributed by atoms with E-state index >= 15 is 0 Å². The van der Waals surface area contributed by atoms with E-state index in [1.807, 2.05) is 17.6 Å². The molecule has 1 atom stereocenters. The van der Waals surface area contributed by atoms with E-state index in [-0.39, 0.29) is 5.56 Å². The normalized spacial score (nSPS) is 21.0. The number of rotatable bonds is 0. The number of pyridine rings is 1. The number of fused-ring (bicyclic) bond motifs is 1. The molecule has 1 aromatic heterocycles. The van der Waals surface area contributed by atoms with Crippen molar-refractivity contribution in [3.63, 3.8) is 0 Å². The highest BCUT2D eigenvalue weighted by Gasteiger charge is 2.18. The average Bonchev–Trinajstić information content (AvgIpc) is 2.41.